The highest BCUT2D eigenvalue weighted by atomic mass is 79.9. The maximum atomic E-state index is 12.4. The topological polar surface area (TPSA) is 29.5 Å². The van der Waals surface area contributed by atoms with Gasteiger partial charge in [-0.2, -0.15) is 0 Å². The summed E-state index contributed by atoms with van der Waals surface area (Å²) in [5.41, 5.74) is 1.95. The lowest BCUT2D eigenvalue weighted by Crippen LogP contribution is -2.28. The van der Waals surface area contributed by atoms with Crippen molar-refractivity contribution in [3.05, 3.63) is 68.0 Å². The van der Waals surface area contributed by atoms with Crippen molar-refractivity contribution in [1.82, 2.24) is 4.90 Å². The number of benzene rings is 2. The van der Waals surface area contributed by atoms with E-state index in [0.717, 1.165) is 27.8 Å². The van der Waals surface area contributed by atoms with Gasteiger partial charge in [-0.25, -0.2) is 0 Å². The lowest BCUT2D eigenvalue weighted by atomic mass is 10.2. The van der Waals surface area contributed by atoms with E-state index in [2.05, 4.69) is 15.9 Å². The zero-order valence-electron chi connectivity index (χ0n) is 14.6. The highest BCUT2D eigenvalue weighted by molar-refractivity contribution is 9.10. The Morgan fingerprint density at radius 3 is 2.67 bits per heavy atom. The molecular formula is C20H17BrClNO2S2. The summed E-state index contributed by atoms with van der Waals surface area (Å²) < 4.78 is 7.31. The molecule has 0 spiro atoms. The molecule has 1 aliphatic rings. The third-order valence-electron chi connectivity index (χ3n) is 3.88. The van der Waals surface area contributed by atoms with Gasteiger partial charge in [0.25, 0.3) is 5.91 Å². The molecular weight excluding hydrogens is 466 g/mol. The van der Waals surface area contributed by atoms with E-state index in [0.29, 0.717) is 27.4 Å². The van der Waals surface area contributed by atoms with Gasteiger partial charge in [-0.1, -0.05) is 60.7 Å². The molecule has 7 heteroatoms. The summed E-state index contributed by atoms with van der Waals surface area (Å²) in [6.45, 7) is 3.14. The maximum absolute atomic E-state index is 12.4. The Labute approximate surface area is 181 Å². The van der Waals surface area contributed by atoms with Crippen molar-refractivity contribution in [1.29, 1.82) is 0 Å². The number of amides is 1. The van der Waals surface area contributed by atoms with Crippen LogP contribution < -0.4 is 4.74 Å². The van der Waals surface area contributed by atoms with Crippen LogP contribution >= 0.6 is 51.5 Å². The van der Waals surface area contributed by atoms with Gasteiger partial charge in [0.05, 0.1) is 9.38 Å². The minimum Gasteiger partial charge on any atom is -0.488 e. The van der Waals surface area contributed by atoms with Crippen molar-refractivity contribution in [2.45, 2.75) is 20.0 Å². The molecule has 140 valence electrons. The minimum atomic E-state index is -0.0222. The van der Waals surface area contributed by atoms with E-state index < -0.39 is 0 Å². The van der Waals surface area contributed by atoms with Gasteiger partial charge in [0.15, 0.2) is 0 Å². The predicted octanol–water partition coefficient (Wildman–Crippen LogP) is 6.29. The van der Waals surface area contributed by atoms with Crippen LogP contribution in [0.25, 0.3) is 6.08 Å². The summed E-state index contributed by atoms with van der Waals surface area (Å²) in [6, 6.07) is 13.3. The predicted molar refractivity (Wildman–Crippen MR) is 120 cm³/mol. The average Bonchev–Trinajstić information content (AvgIpc) is 2.90. The first-order valence-electron chi connectivity index (χ1n) is 8.40. The first-order valence-corrected chi connectivity index (χ1v) is 10.8. The molecule has 0 unspecified atom stereocenters. The van der Waals surface area contributed by atoms with Crippen LogP contribution in [0, 0.1) is 0 Å². The molecule has 0 aromatic heterocycles. The number of carbonyl (C=O) groups excluding carboxylic acids is 1. The van der Waals surface area contributed by atoms with E-state index in [-0.39, 0.29) is 5.91 Å². The molecule has 27 heavy (non-hydrogen) atoms. The number of carbonyl (C=O) groups is 1. The third-order valence-corrected chi connectivity index (χ3v) is 6.13. The van der Waals surface area contributed by atoms with Crippen LogP contribution in [0.4, 0.5) is 0 Å². The fourth-order valence-corrected chi connectivity index (χ4v) is 4.48. The van der Waals surface area contributed by atoms with Gasteiger partial charge in [-0.15, -0.1) is 0 Å². The quantitative estimate of drug-likeness (QED) is 0.357. The second kappa shape index (κ2) is 9.24. The third kappa shape index (κ3) is 5.13. The maximum Gasteiger partial charge on any atom is 0.266 e. The van der Waals surface area contributed by atoms with Gasteiger partial charge in [0.1, 0.15) is 16.7 Å². The number of ether oxygens (including phenoxy) is 1. The number of hydrogen-bond donors (Lipinski definition) is 0. The van der Waals surface area contributed by atoms with Crippen molar-refractivity contribution < 1.29 is 9.53 Å². The lowest BCUT2D eigenvalue weighted by molar-refractivity contribution is -0.122. The highest BCUT2D eigenvalue weighted by Crippen LogP contribution is 2.34. The molecule has 0 bridgehead atoms. The van der Waals surface area contributed by atoms with E-state index in [1.165, 1.54) is 11.8 Å². The number of thioether (sulfide) groups is 1. The van der Waals surface area contributed by atoms with E-state index in [1.807, 2.05) is 55.5 Å². The number of thiocarbonyl (C=S) groups is 1. The van der Waals surface area contributed by atoms with Crippen LogP contribution in [0.1, 0.15) is 24.5 Å². The molecule has 1 amide bonds. The molecule has 1 fully saturated rings. The molecule has 3 rings (SSSR count). The molecule has 0 N–H and O–H groups in total. The summed E-state index contributed by atoms with van der Waals surface area (Å²) in [6.07, 6.45) is 2.74. The fraction of sp³-hybridized carbons (Fsp3) is 0.200. The second-order valence-electron chi connectivity index (χ2n) is 5.94. The van der Waals surface area contributed by atoms with Gasteiger partial charge in [-0.05, 0) is 63.8 Å². The van der Waals surface area contributed by atoms with E-state index in [1.54, 1.807) is 4.90 Å². The van der Waals surface area contributed by atoms with Crippen LogP contribution in [-0.2, 0) is 11.4 Å². The summed E-state index contributed by atoms with van der Waals surface area (Å²) in [7, 11) is 0. The summed E-state index contributed by atoms with van der Waals surface area (Å²) in [4.78, 5) is 14.8. The Bertz CT molecular complexity index is 899. The molecule has 2 aromatic rings. The first-order chi connectivity index (χ1) is 13.0. The monoisotopic (exact) mass is 481 g/mol. The number of nitrogens with zero attached hydrogens (tertiary/aromatic N) is 1. The smallest absolute Gasteiger partial charge is 0.266 e. The van der Waals surface area contributed by atoms with Gasteiger partial charge in [-0.3, -0.25) is 9.69 Å². The Balaban J connectivity index is 1.70. The molecule has 0 radical (unpaired) electrons. The Kier molecular flexibility index (Phi) is 6.98. The Morgan fingerprint density at radius 2 is 2.00 bits per heavy atom. The molecule has 1 heterocycles. The Hall–Kier alpha value is -1.34. The zero-order chi connectivity index (χ0) is 19.4. The first kappa shape index (κ1) is 20.4. The van der Waals surface area contributed by atoms with Crippen LogP contribution in [0.3, 0.4) is 0 Å². The summed E-state index contributed by atoms with van der Waals surface area (Å²) >= 11 is 16.1. The minimum absolute atomic E-state index is 0.0222. The Morgan fingerprint density at radius 1 is 1.26 bits per heavy atom. The van der Waals surface area contributed by atoms with Gasteiger partial charge in [0.2, 0.25) is 0 Å². The van der Waals surface area contributed by atoms with E-state index in [9.17, 15) is 4.79 Å². The van der Waals surface area contributed by atoms with Crippen molar-refractivity contribution in [3.8, 4) is 5.75 Å². The molecule has 1 aliphatic heterocycles. The van der Waals surface area contributed by atoms with Crippen molar-refractivity contribution in [2.24, 2.45) is 0 Å². The van der Waals surface area contributed by atoms with Crippen LogP contribution in [0.15, 0.2) is 51.8 Å². The van der Waals surface area contributed by atoms with Gasteiger partial charge >= 0.3 is 0 Å². The molecule has 0 saturated carbocycles. The average molecular weight is 483 g/mol. The van der Waals surface area contributed by atoms with Crippen molar-refractivity contribution in [3.63, 3.8) is 0 Å². The fourth-order valence-electron chi connectivity index (χ4n) is 2.53. The molecule has 2 aromatic carbocycles. The zero-order valence-corrected chi connectivity index (χ0v) is 18.6. The molecule has 1 saturated heterocycles. The summed E-state index contributed by atoms with van der Waals surface area (Å²) in [5, 5.41) is 0.702. The highest BCUT2D eigenvalue weighted by Gasteiger charge is 2.31. The molecule has 0 atom stereocenters. The van der Waals surface area contributed by atoms with Crippen molar-refractivity contribution >= 4 is 67.8 Å². The van der Waals surface area contributed by atoms with Crippen molar-refractivity contribution in [2.75, 3.05) is 6.54 Å². The summed E-state index contributed by atoms with van der Waals surface area (Å²) in [5.74, 6) is 0.715. The molecule has 0 aliphatic carbocycles. The largest absolute Gasteiger partial charge is 0.488 e. The SMILES string of the molecule is CCCN1C(=O)/C(=C/c2ccc(OCc3ccc(Cl)cc3)c(Br)c2)SC1=S. The lowest BCUT2D eigenvalue weighted by Gasteiger charge is -2.12. The van der Waals surface area contributed by atoms with Gasteiger partial charge in [0, 0.05) is 11.6 Å². The van der Waals surface area contributed by atoms with Crippen LogP contribution in [0.5, 0.6) is 5.75 Å². The second-order valence-corrected chi connectivity index (χ2v) is 8.90. The van der Waals surface area contributed by atoms with E-state index in [4.69, 9.17) is 28.6 Å². The number of hydrogen-bond acceptors (Lipinski definition) is 4. The standard InChI is InChI=1S/C20H17BrClNO2S2/c1-2-9-23-19(24)18(27-20(23)26)11-14-5-8-17(16(21)10-14)25-12-13-3-6-15(22)7-4-13/h3-8,10-11H,2,9,12H2,1H3/b18-11-. The number of halogens is 2. The van der Waals surface area contributed by atoms with Crippen LogP contribution in [0.2, 0.25) is 5.02 Å². The molecule has 3 nitrogen and oxygen atoms in total. The normalized spacial score (nSPS) is 15.7. The number of rotatable bonds is 6. The van der Waals surface area contributed by atoms with Crippen LogP contribution in [-0.4, -0.2) is 21.7 Å². The van der Waals surface area contributed by atoms with Gasteiger partial charge < -0.3 is 4.74 Å². The van der Waals surface area contributed by atoms with E-state index >= 15 is 0 Å².